The molecule has 0 unspecified atom stereocenters. The minimum atomic E-state index is -4.28. The summed E-state index contributed by atoms with van der Waals surface area (Å²) in [5, 5.41) is 0. The van der Waals surface area contributed by atoms with E-state index in [0.29, 0.717) is 3.70 Å². The molecule has 0 fully saturated rings. The lowest BCUT2D eigenvalue weighted by Gasteiger charge is -2.26. The van der Waals surface area contributed by atoms with Crippen LogP contribution in [0.25, 0.3) is 0 Å². The summed E-state index contributed by atoms with van der Waals surface area (Å²) in [6.45, 7) is 5.26. The molecular weight excluding hydrogens is 306 g/mol. The molecule has 0 bridgehead atoms. The Labute approximate surface area is 94.4 Å². The number of alkyl halides is 3. The topological polar surface area (TPSA) is 4.93 Å². The van der Waals surface area contributed by atoms with Gasteiger partial charge in [0.05, 0.1) is 3.70 Å². The highest BCUT2D eigenvalue weighted by Crippen LogP contribution is 2.34. The zero-order valence-corrected chi connectivity index (χ0v) is 10.3. The first-order valence-electron chi connectivity index (χ1n) is 4.09. The van der Waals surface area contributed by atoms with Gasteiger partial charge in [0.1, 0.15) is 5.69 Å². The van der Waals surface area contributed by atoms with Gasteiger partial charge < -0.3 is 4.57 Å². The fraction of sp³-hybridized carbons (Fsp3) is 0.556. The van der Waals surface area contributed by atoms with Gasteiger partial charge in [0.25, 0.3) is 0 Å². The van der Waals surface area contributed by atoms with Crippen molar-refractivity contribution in [2.75, 3.05) is 0 Å². The molecule has 1 heterocycles. The molecule has 0 N–H and O–H groups in total. The fourth-order valence-electron chi connectivity index (χ4n) is 1.31. The second-order valence-electron chi connectivity index (χ2n) is 4.05. The van der Waals surface area contributed by atoms with Gasteiger partial charge >= 0.3 is 6.18 Å². The average Bonchev–Trinajstić information content (AvgIpc) is 2.27. The maximum absolute atomic E-state index is 12.6. The maximum Gasteiger partial charge on any atom is 0.431 e. The van der Waals surface area contributed by atoms with E-state index in [1.165, 1.54) is 10.6 Å². The monoisotopic (exact) mass is 317 g/mol. The predicted octanol–water partition coefficient (Wildman–Crippen LogP) is 3.87. The number of nitrogens with zero attached hydrogens (tertiary/aromatic N) is 1. The molecule has 80 valence electrons. The zero-order chi connectivity index (χ0) is 11.1. The van der Waals surface area contributed by atoms with E-state index in [9.17, 15) is 13.2 Å². The van der Waals surface area contributed by atoms with Crippen molar-refractivity contribution >= 4 is 22.6 Å². The van der Waals surface area contributed by atoms with Crippen LogP contribution in [-0.2, 0) is 11.7 Å². The van der Waals surface area contributed by atoms with Crippen LogP contribution in [0.4, 0.5) is 13.2 Å². The first kappa shape index (κ1) is 11.9. The van der Waals surface area contributed by atoms with E-state index in [-0.39, 0.29) is 0 Å². The van der Waals surface area contributed by atoms with E-state index in [0.717, 1.165) is 6.07 Å². The average molecular weight is 317 g/mol. The minimum Gasteiger partial charge on any atom is -0.327 e. The molecule has 0 amide bonds. The number of hydrogen-bond donors (Lipinski definition) is 0. The van der Waals surface area contributed by atoms with E-state index in [4.69, 9.17) is 0 Å². The highest BCUT2D eigenvalue weighted by Gasteiger charge is 2.37. The highest BCUT2D eigenvalue weighted by atomic mass is 127. The Hall–Kier alpha value is -0.200. The van der Waals surface area contributed by atoms with Crippen LogP contribution in [0.1, 0.15) is 26.5 Å². The Morgan fingerprint density at radius 3 is 1.93 bits per heavy atom. The smallest absolute Gasteiger partial charge is 0.327 e. The van der Waals surface area contributed by atoms with Crippen LogP contribution in [0, 0.1) is 3.70 Å². The molecule has 14 heavy (non-hydrogen) atoms. The summed E-state index contributed by atoms with van der Waals surface area (Å²) in [6.07, 6.45) is -4.28. The van der Waals surface area contributed by atoms with Gasteiger partial charge in [-0.25, -0.2) is 0 Å². The normalized spacial score (nSPS) is 13.4. The van der Waals surface area contributed by atoms with Gasteiger partial charge in [-0.2, -0.15) is 13.2 Å². The van der Waals surface area contributed by atoms with Gasteiger partial charge in [0.2, 0.25) is 0 Å². The molecular formula is C9H11F3IN. The lowest BCUT2D eigenvalue weighted by Crippen LogP contribution is -2.28. The van der Waals surface area contributed by atoms with E-state index in [1.807, 2.05) is 22.6 Å². The van der Waals surface area contributed by atoms with Gasteiger partial charge in [-0.05, 0) is 55.5 Å². The third-order valence-electron chi connectivity index (χ3n) is 1.79. The summed E-state index contributed by atoms with van der Waals surface area (Å²) in [4.78, 5) is 0. The van der Waals surface area contributed by atoms with Crippen molar-refractivity contribution < 1.29 is 13.2 Å². The summed E-state index contributed by atoms with van der Waals surface area (Å²) < 4.78 is 39.6. The van der Waals surface area contributed by atoms with E-state index in [1.54, 1.807) is 20.8 Å². The molecule has 0 aliphatic rings. The number of rotatable bonds is 0. The van der Waals surface area contributed by atoms with Crippen molar-refractivity contribution in [2.24, 2.45) is 0 Å². The minimum absolute atomic E-state index is 0.551. The summed E-state index contributed by atoms with van der Waals surface area (Å²) in [7, 11) is 0. The molecule has 0 aliphatic carbocycles. The molecule has 0 aliphatic heterocycles. The Morgan fingerprint density at radius 2 is 1.64 bits per heavy atom. The summed E-state index contributed by atoms with van der Waals surface area (Å²) in [5.74, 6) is 0. The van der Waals surface area contributed by atoms with Gasteiger partial charge in [-0.15, -0.1) is 0 Å². The van der Waals surface area contributed by atoms with Gasteiger partial charge in [-0.3, -0.25) is 0 Å². The van der Waals surface area contributed by atoms with Crippen molar-refractivity contribution in [1.29, 1.82) is 0 Å². The summed E-state index contributed by atoms with van der Waals surface area (Å²) in [6, 6.07) is 2.60. The van der Waals surface area contributed by atoms with Crippen LogP contribution in [0.3, 0.4) is 0 Å². The first-order chi connectivity index (χ1) is 6.14. The Morgan fingerprint density at radius 1 is 1.14 bits per heavy atom. The molecule has 1 rings (SSSR count). The van der Waals surface area contributed by atoms with Crippen molar-refractivity contribution in [3.8, 4) is 0 Å². The van der Waals surface area contributed by atoms with Crippen LogP contribution in [-0.4, -0.2) is 4.57 Å². The predicted molar refractivity (Wildman–Crippen MR) is 57.1 cm³/mol. The SMILES string of the molecule is CC(C)(C)n1c(I)ccc1C(F)(F)F. The molecule has 0 spiro atoms. The van der Waals surface area contributed by atoms with Crippen molar-refractivity contribution in [3.63, 3.8) is 0 Å². The molecule has 0 aromatic carbocycles. The first-order valence-corrected chi connectivity index (χ1v) is 5.17. The molecule has 0 radical (unpaired) electrons. The lowest BCUT2D eigenvalue weighted by molar-refractivity contribution is -0.145. The van der Waals surface area contributed by atoms with Crippen molar-refractivity contribution in [1.82, 2.24) is 4.57 Å². The van der Waals surface area contributed by atoms with Crippen LogP contribution in [0.5, 0.6) is 0 Å². The van der Waals surface area contributed by atoms with E-state index in [2.05, 4.69) is 0 Å². The molecule has 5 heteroatoms. The Bertz CT molecular complexity index is 333. The van der Waals surface area contributed by atoms with Crippen molar-refractivity contribution in [2.45, 2.75) is 32.5 Å². The van der Waals surface area contributed by atoms with Gasteiger partial charge in [0.15, 0.2) is 0 Å². The largest absolute Gasteiger partial charge is 0.431 e. The quantitative estimate of drug-likeness (QED) is 0.640. The summed E-state index contributed by atoms with van der Waals surface area (Å²) in [5.41, 5.74) is -1.14. The standard InChI is InChI=1S/C9H11F3IN/c1-8(2,3)14-6(9(10,11)12)4-5-7(14)13/h4-5H,1-3H3. The van der Waals surface area contributed by atoms with Gasteiger partial charge in [-0.1, -0.05) is 0 Å². The van der Waals surface area contributed by atoms with Crippen molar-refractivity contribution in [3.05, 3.63) is 21.5 Å². The van der Waals surface area contributed by atoms with E-state index < -0.39 is 17.4 Å². The Kier molecular flexibility index (Phi) is 2.91. The zero-order valence-electron chi connectivity index (χ0n) is 8.11. The highest BCUT2D eigenvalue weighted by molar-refractivity contribution is 14.1. The summed E-state index contributed by atoms with van der Waals surface area (Å²) >= 11 is 1.91. The van der Waals surface area contributed by atoms with Crippen LogP contribution < -0.4 is 0 Å². The molecule has 1 aromatic rings. The maximum atomic E-state index is 12.6. The Balaban J connectivity index is 3.35. The number of halogens is 4. The molecule has 0 saturated heterocycles. The molecule has 1 nitrogen and oxygen atoms in total. The second-order valence-corrected chi connectivity index (χ2v) is 5.15. The third kappa shape index (κ3) is 2.24. The third-order valence-corrected chi connectivity index (χ3v) is 2.64. The lowest BCUT2D eigenvalue weighted by atomic mass is 10.1. The number of hydrogen-bond acceptors (Lipinski definition) is 0. The van der Waals surface area contributed by atoms with Gasteiger partial charge in [0, 0.05) is 5.54 Å². The van der Waals surface area contributed by atoms with Crippen LogP contribution in [0.15, 0.2) is 12.1 Å². The second kappa shape index (κ2) is 3.43. The fourth-order valence-corrected chi connectivity index (χ4v) is 2.48. The van der Waals surface area contributed by atoms with E-state index >= 15 is 0 Å². The molecule has 0 saturated carbocycles. The number of aromatic nitrogens is 1. The van der Waals surface area contributed by atoms with Crippen LogP contribution >= 0.6 is 22.6 Å². The molecule has 1 aromatic heterocycles. The van der Waals surface area contributed by atoms with Crippen LogP contribution in [0.2, 0.25) is 0 Å². The molecule has 0 atom stereocenters.